The minimum Gasteiger partial charge on any atom is -0.481 e. The lowest BCUT2D eigenvalue weighted by Crippen LogP contribution is -2.17. The maximum Gasteiger partial charge on any atom is 0.303 e. The highest BCUT2D eigenvalue weighted by atomic mass is 35.5. The summed E-state index contributed by atoms with van der Waals surface area (Å²) in [4.78, 5) is 23.3. The highest BCUT2D eigenvalue weighted by Crippen LogP contribution is 2.30. The first kappa shape index (κ1) is 18.6. The standard InChI is InChI=1S/C17H14Cl3NO3/c18-12-2-4-13(5-3-12)21-16(22)8-11(9-17(23)24)10-1-6-14(19)15(20)7-10/h1-7,11H,8-9H2,(H,21,22)(H,23,24). The van der Waals surface area contributed by atoms with Gasteiger partial charge in [0, 0.05) is 23.0 Å². The highest BCUT2D eigenvalue weighted by molar-refractivity contribution is 6.42. The number of halogens is 3. The number of aliphatic carboxylic acids is 1. The van der Waals surface area contributed by atoms with Crippen molar-refractivity contribution >= 4 is 52.4 Å². The van der Waals surface area contributed by atoms with Gasteiger partial charge in [-0.3, -0.25) is 9.59 Å². The first-order valence-electron chi connectivity index (χ1n) is 7.07. The molecule has 0 aliphatic rings. The van der Waals surface area contributed by atoms with Gasteiger partial charge in [0.2, 0.25) is 5.91 Å². The van der Waals surface area contributed by atoms with Crippen LogP contribution in [0.1, 0.15) is 24.3 Å². The Hall–Kier alpha value is -1.75. The van der Waals surface area contributed by atoms with E-state index in [1.165, 1.54) is 0 Å². The van der Waals surface area contributed by atoms with Gasteiger partial charge < -0.3 is 10.4 Å². The Bertz CT molecular complexity index is 747. The third kappa shape index (κ3) is 5.41. The number of carbonyl (C=O) groups excluding carboxylic acids is 1. The number of amides is 1. The molecule has 24 heavy (non-hydrogen) atoms. The van der Waals surface area contributed by atoms with Crippen molar-refractivity contribution in [3.05, 3.63) is 63.1 Å². The Balaban J connectivity index is 2.12. The van der Waals surface area contributed by atoms with Crippen LogP contribution in [0.3, 0.4) is 0 Å². The van der Waals surface area contributed by atoms with Gasteiger partial charge in [-0.15, -0.1) is 0 Å². The lowest BCUT2D eigenvalue weighted by Gasteiger charge is -2.16. The number of anilines is 1. The normalized spacial score (nSPS) is 11.8. The fourth-order valence-electron chi connectivity index (χ4n) is 2.25. The molecule has 2 aromatic carbocycles. The van der Waals surface area contributed by atoms with Crippen LogP contribution < -0.4 is 5.32 Å². The summed E-state index contributed by atoms with van der Waals surface area (Å²) in [6.45, 7) is 0. The van der Waals surface area contributed by atoms with Gasteiger partial charge in [0.25, 0.3) is 0 Å². The summed E-state index contributed by atoms with van der Waals surface area (Å²) in [5.41, 5.74) is 1.24. The Morgan fingerprint density at radius 2 is 1.62 bits per heavy atom. The molecule has 1 amide bonds. The summed E-state index contributed by atoms with van der Waals surface area (Å²) in [5.74, 6) is -1.80. The van der Waals surface area contributed by atoms with Crippen LogP contribution in [0.5, 0.6) is 0 Å². The van der Waals surface area contributed by atoms with Crippen molar-refractivity contribution in [3.63, 3.8) is 0 Å². The molecule has 0 saturated carbocycles. The second-order valence-electron chi connectivity index (χ2n) is 5.23. The molecule has 0 aliphatic heterocycles. The molecule has 2 aromatic rings. The summed E-state index contributed by atoms with van der Waals surface area (Å²) in [6, 6.07) is 11.5. The number of carbonyl (C=O) groups is 2. The van der Waals surface area contributed by atoms with E-state index >= 15 is 0 Å². The van der Waals surface area contributed by atoms with E-state index in [4.69, 9.17) is 39.9 Å². The van der Waals surface area contributed by atoms with Crippen LogP contribution in [0.25, 0.3) is 0 Å². The van der Waals surface area contributed by atoms with Gasteiger partial charge in [0.15, 0.2) is 0 Å². The predicted octanol–water partition coefficient (Wildman–Crippen LogP) is 5.23. The zero-order valence-corrected chi connectivity index (χ0v) is 14.7. The van der Waals surface area contributed by atoms with Crippen molar-refractivity contribution < 1.29 is 14.7 Å². The number of nitrogens with one attached hydrogen (secondary N) is 1. The molecule has 0 spiro atoms. The van der Waals surface area contributed by atoms with Crippen LogP contribution in [0.4, 0.5) is 5.69 Å². The molecule has 126 valence electrons. The summed E-state index contributed by atoms with van der Waals surface area (Å²) in [7, 11) is 0. The first-order chi connectivity index (χ1) is 11.3. The smallest absolute Gasteiger partial charge is 0.303 e. The van der Waals surface area contributed by atoms with Gasteiger partial charge in [0.1, 0.15) is 0 Å². The van der Waals surface area contributed by atoms with Crippen LogP contribution in [0.15, 0.2) is 42.5 Å². The van der Waals surface area contributed by atoms with Gasteiger partial charge >= 0.3 is 5.97 Å². The van der Waals surface area contributed by atoms with Crippen LogP contribution in [-0.4, -0.2) is 17.0 Å². The molecule has 0 radical (unpaired) electrons. The summed E-state index contributed by atoms with van der Waals surface area (Å²) in [6.07, 6.45) is -0.182. The minimum absolute atomic E-state index is 0.00683. The third-order valence-corrected chi connectivity index (χ3v) is 4.39. The van der Waals surface area contributed by atoms with E-state index in [1.54, 1.807) is 42.5 Å². The van der Waals surface area contributed by atoms with E-state index in [2.05, 4.69) is 5.32 Å². The van der Waals surface area contributed by atoms with E-state index in [0.29, 0.717) is 26.3 Å². The maximum absolute atomic E-state index is 12.2. The third-order valence-electron chi connectivity index (χ3n) is 3.40. The molecule has 1 unspecified atom stereocenters. The molecule has 7 heteroatoms. The Labute approximate surface area is 154 Å². The number of benzene rings is 2. The van der Waals surface area contributed by atoms with Gasteiger partial charge in [-0.2, -0.15) is 0 Å². The minimum atomic E-state index is -0.995. The second-order valence-corrected chi connectivity index (χ2v) is 6.48. The van der Waals surface area contributed by atoms with E-state index in [0.717, 1.165) is 0 Å². The molecule has 0 fully saturated rings. The van der Waals surface area contributed by atoms with E-state index in [9.17, 15) is 9.59 Å². The molecule has 1 atom stereocenters. The van der Waals surface area contributed by atoms with Gasteiger partial charge in [-0.05, 0) is 42.0 Å². The van der Waals surface area contributed by atoms with Crippen molar-refractivity contribution in [2.45, 2.75) is 18.8 Å². The van der Waals surface area contributed by atoms with Crippen LogP contribution in [0.2, 0.25) is 15.1 Å². The van der Waals surface area contributed by atoms with E-state index in [1.807, 2.05) is 0 Å². The first-order valence-corrected chi connectivity index (χ1v) is 8.20. The summed E-state index contributed by atoms with van der Waals surface area (Å²) < 4.78 is 0. The molecule has 0 bridgehead atoms. The van der Waals surface area contributed by atoms with E-state index < -0.39 is 11.9 Å². The van der Waals surface area contributed by atoms with Gasteiger partial charge in [-0.25, -0.2) is 0 Å². The Morgan fingerprint density at radius 1 is 0.958 bits per heavy atom. The number of hydrogen-bond donors (Lipinski definition) is 2. The molecule has 0 aromatic heterocycles. The molecular weight excluding hydrogens is 373 g/mol. The monoisotopic (exact) mass is 385 g/mol. The van der Waals surface area contributed by atoms with Crippen LogP contribution in [0, 0.1) is 0 Å². The van der Waals surface area contributed by atoms with Gasteiger partial charge in [-0.1, -0.05) is 40.9 Å². The number of hydrogen-bond acceptors (Lipinski definition) is 2. The average molecular weight is 387 g/mol. The SMILES string of the molecule is O=C(O)CC(CC(=O)Nc1ccc(Cl)cc1)c1ccc(Cl)c(Cl)c1. The average Bonchev–Trinajstić information content (AvgIpc) is 2.51. The van der Waals surface area contributed by atoms with Gasteiger partial charge in [0.05, 0.1) is 16.5 Å². The summed E-state index contributed by atoms with van der Waals surface area (Å²) >= 11 is 17.7. The number of rotatable bonds is 6. The number of carboxylic acids is 1. The van der Waals surface area contributed by atoms with Crippen molar-refractivity contribution in [1.29, 1.82) is 0 Å². The largest absolute Gasteiger partial charge is 0.481 e. The van der Waals surface area contributed by atoms with E-state index in [-0.39, 0.29) is 18.7 Å². The van der Waals surface area contributed by atoms with Crippen LogP contribution in [-0.2, 0) is 9.59 Å². The highest BCUT2D eigenvalue weighted by Gasteiger charge is 2.20. The quantitative estimate of drug-likeness (QED) is 0.714. The van der Waals surface area contributed by atoms with Crippen molar-refractivity contribution in [2.24, 2.45) is 0 Å². The van der Waals surface area contributed by atoms with Crippen molar-refractivity contribution in [1.82, 2.24) is 0 Å². The molecule has 2 rings (SSSR count). The molecular formula is C17H14Cl3NO3. The lowest BCUT2D eigenvalue weighted by molar-refractivity contribution is -0.137. The zero-order valence-electron chi connectivity index (χ0n) is 12.4. The predicted molar refractivity (Wildman–Crippen MR) is 96.2 cm³/mol. The Morgan fingerprint density at radius 3 is 2.21 bits per heavy atom. The fourth-order valence-corrected chi connectivity index (χ4v) is 2.69. The van der Waals surface area contributed by atoms with Crippen molar-refractivity contribution in [2.75, 3.05) is 5.32 Å². The molecule has 4 nitrogen and oxygen atoms in total. The maximum atomic E-state index is 12.2. The fraction of sp³-hybridized carbons (Fsp3) is 0.176. The number of carboxylic acid groups (broad SMARTS) is 1. The molecule has 0 saturated heterocycles. The topological polar surface area (TPSA) is 66.4 Å². The lowest BCUT2D eigenvalue weighted by atomic mass is 9.92. The van der Waals surface area contributed by atoms with Crippen LogP contribution >= 0.6 is 34.8 Å². The molecule has 0 aliphatic carbocycles. The Kier molecular flexibility index (Phi) is 6.49. The molecule has 0 heterocycles. The molecule has 2 N–H and O–H groups in total. The van der Waals surface area contributed by atoms with Crippen molar-refractivity contribution in [3.8, 4) is 0 Å². The second kappa shape index (κ2) is 8.38. The zero-order chi connectivity index (χ0) is 17.7. The summed E-state index contributed by atoms with van der Waals surface area (Å²) in [5, 5.41) is 13.1.